The summed E-state index contributed by atoms with van der Waals surface area (Å²) in [6.07, 6.45) is -4.38. The highest BCUT2D eigenvalue weighted by atomic mass is 35.5. The SMILES string of the molecule is COCCNCC(=O)Nc1ccc(OCc2cccc(C(F)(F)F)c2)cc1.Cl. The molecule has 154 valence electrons. The smallest absolute Gasteiger partial charge is 0.416 e. The first-order valence-corrected chi connectivity index (χ1v) is 8.27. The molecular weight excluding hydrogens is 397 g/mol. The standard InChI is InChI=1S/C19H21F3N2O3.ClH/c1-26-10-9-23-12-18(25)24-16-5-7-17(8-6-16)27-13-14-3-2-4-15(11-14)19(20,21)22;/h2-8,11,23H,9-10,12-13H2,1H3,(H,24,25);1H. The van der Waals surface area contributed by atoms with Crippen LogP contribution in [0.4, 0.5) is 18.9 Å². The van der Waals surface area contributed by atoms with Gasteiger partial charge in [-0.15, -0.1) is 12.4 Å². The Morgan fingerprint density at radius 3 is 2.46 bits per heavy atom. The molecule has 0 heterocycles. The fraction of sp³-hybridized carbons (Fsp3) is 0.316. The van der Waals surface area contributed by atoms with Crippen molar-refractivity contribution in [2.24, 2.45) is 0 Å². The number of alkyl halides is 3. The number of anilines is 1. The van der Waals surface area contributed by atoms with Crippen LogP contribution in [0, 0.1) is 0 Å². The molecule has 2 N–H and O–H groups in total. The quantitative estimate of drug-likeness (QED) is 0.607. The molecule has 2 aromatic carbocycles. The number of benzene rings is 2. The van der Waals surface area contributed by atoms with Crippen molar-refractivity contribution in [1.82, 2.24) is 5.32 Å². The predicted molar refractivity (Wildman–Crippen MR) is 103 cm³/mol. The van der Waals surface area contributed by atoms with Crippen molar-refractivity contribution in [1.29, 1.82) is 0 Å². The van der Waals surface area contributed by atoms with Crippen molar-refractivity contribution >= 4 is 24.0 Å². The largest absolute Gasteiger partial charge is 0.489 e. The van der Waals surface area contributed by atoms with E-state index in [1.165, 1.54) is 6.07 Å². The minimum Gasteiger partial charge on any atom is -0.489 e. The van der Waals surface area contributed by atoms with Crippen LogP contribution in [-0.2, 0) is 22.3 Å². The topological polar surface area (TPSA) is 59.6 Å². The molecule has 2 rings (SSSR count). The number of hydrogen-bond acceptors (Lipinski definition) is 4. The van der Waals surface area contributed by atoms with Crippen LogP contribution >= 0.6 is 12.4 Å². The average Bonchev–Trinajstić information content (AvgIpc) is 2.64. The van der Waals surface area contributed by atoms with Gasteiger partial charge in [-0.2, -0.15) is 13.2 Å². The zero-order valence-electron chi connectivity index (χ0n) is 15.2. The maximum Gasteiger partial charge on any atom is 0.416 e. The van der Waals surface area contributed by atoms with E-state index < -0.39 is 11.7 Å². The van der Waals surface area contributed by atoms with E-state index in [0.717, 1.165) is 12.1 Å². The Bertz CT molecular complexity index is 740. The van der Waals surface area contributed by atoms with Gasteiger partial charge < -0.3 is 20.1 Å². The molecule has 0 saturated carbocycles. The van der Waals surface area contributed by atoms with E-state index in [0.29, 0.717) is 30.2 Å². The number of nitrogens with one attached hydrogen (secondary N) is 2. The number of ether oxygens (including phenoxy) is 2. The van der Waals surface area contributed by atoms with Crippen molar-refractivity contribution in [3.05, 3.63) is 59.7 Å². The summed E-state index contributed by atoms with van der Waals surface area (Å²) in [6, 6.07) is 11.6. The summed E-state index contributed by atoms with van der Waals surface area (Å²) in [6.45, 7) is 1.27. The van der Waals surface area contributed by atoms with E-state index in [1.54, 1.807) is 37.4 Å². The van der Waals surface area contributed by atoms with Gasteiger partial charge in [0.1, 0.15) is 12.4 Å². The average molecular weight is 419 g/mol. The van der Waals surface area contributed by atoms with Gasteiger partial charge in [-0.3, -0.25) is 4.79 Å². The third kappa shape index (κ3) is 8.16. The Balaban J connectivity index is 0.00000392. The first kappa shape index (κ1) is 23.7. The highest BCUT2D eigenvalue weighted by Crippen LogP contribution is 2.29. The van der Waals surface area contributed by atoms with Crippen molar-refractivity contribution in [3.8, 4) is 5.75 Å². The lowest BCUT2D eigenvalue weighted by molar-refractivity contribution is -0.137. The third-order valence-corrected chi connectivity index (χ3v) is 3.57. The van der Waals surface area contributed by atoms with Crippen molar-refractivity contribution < 1.29 is 27.4 Å². The maximum absolute atomic E-state index is 12.7. The van der Waals surface area contributed by atoms with Gasteiger partial charge in [-0.05, 0) is 42.0 Å². The van der Waals surface area contributed by atoms with Gasteiger partial charge in [-0.25, -0.2) is 0 Å². The Morgan fingerprint density at radius 2 is 1.82 bits per heavy atom. The second-order valence-corrected chi connectivity index (χ2v) is 5.73. The van der Waals surface area contributed by atoms with Gasteiger partial charge in [0, 0.05) is 19.3 Å². The van der Waals surface area contributed by atoms with E-state index in [-0.39, 0.29) is 31.5 Å². The van der Waals surface area contributed by atoms with Crippen LogP contribution in [0.3, 0.4) is 0 Å². The molecule has 5 nitrogen and oxygen atoms in total. The highest BCUT2D eigenvalue weighted by molar-refractivity contribution is 5.92. The molecule has 28 heavy (non-hydrogen) atoms. The van der Waals surface area contributed by atoms with Crippen molar-refractivity contribution in [2.45, 2.75) is 12.8 Å². The monoisotopic (exact) mass is 418 g/mol. The van der Waals surface area contributed by atoms with E-state index >= 15 is 0 Å². The van der Waals surface area contributed by atoms with Gasteiger partial charge in [0.25, 0.3) is 0 Å². The first-order chi connectivity index (χ1) is 12.9. The zero-order chi connectivity index (χ0) is 19.7. The number of hydrogen-bond donors (Lipinski definition) is 2. The number of amides is 1. The molecule has 0 spiro atoms. The lowest BCUT2D eigenvalue weighted by Crippen LogP contribution is -2.30. The molecule has 0 aliphatic heterocycles. The minimum atomic E-state index is -4.38. The summed E-state index contributed by atoms with van der Waals surface area (Å²) < 4.78 is 48.5. The van der Waals surface area contributed by atoms with Crippen LogP contribution in [0.25, 0.3) is 0 Å². The van der Waals surface area contributed by atoms with Gasteiger partial charge >= 0.3 is 6.18 Å². The molecule has 0 aromatic heterocycles. The van der Waals surface area contributed by atoms with Gasteiger partial charge in [0.15, 0.2) is 0 Å². The van der Waals surface area contributed by atoms with Crippen LogP contribution in [0.5, 0.6) is 5.75 Å². The Morgan fingerprint density at radius 1 is 1.11 bits per heavy atom. The molecule has 1 amide bonds. The molecule has 0 atom stereocenters. The molecule has 0 saturated heterocycles. The van der Waals surface area contributed by atoms with E-state index in [4.69, 9.17) is 9.47 Å². The summed E-state index contributed by atoms with van der Waals surface area (Å²) in [5, 5.41) is 5.65. The van der Waals surface area contributed by atoms with Crippen molar-refractivity contribution in [3.63, 3.8) is 0 Å². The van der Waals surface area contributed by atoms with Gasteiger partial charge in [-0.1, -0.05) is 12.1 Å². The minimum absolute atomic E-state index is 0. The molecular formula is C19H22ClF3N2O3. The molecule has 0 radical (unpaired) electrons. The number of methoxy groups -OCH3 is 1. The Hall–Kier alpha value is -2.29. The lowest BCUT2D eigenvalue weighted by atomic mass is 10.1. The van der Waals surface area contributed by atoms with E-state index in [1.807, 2.05) is 0 Å². The van der Waals surface area contributed by atoms with Gasteiger partial charge in [0.2, 0.25) is 5.91 Å². The number of carbonyl (C=O) groups excluding carboxylic acids is 1. The van der Waals surface area contributed by atoms with Crippen LogP contribution < -0.4 is 15.4 Å². The van der Waals surface area contributed by atoms with E-state index in [9.17, 15) is 18.0 Å². The van der Waals surface area contributed by atoms with Crippen LogP contribution in [0.2, 0.25) is 0 Å². The molecule has 0 fully saturated rings. The fourth-order valence-corrected chi connectivity index (χ4v) is 2.22. The molecule has 0 bridgehead atoms. The zero-order valence-corrected chi connectivity index (χ0v) is 16.0. The third-order valence-electron chi connectivity index (χ3n) is 3.57. The lowest BCUT2D eigenvalue weighted by Gasteiger charge is -2.11. The summed E-state index contributed by atoms with van der Waals surface area (Å²) in [5.41, 5.74) is 0.310. The number of carbonyl (C=O) groups is 1. The summed E-state index contributed by atoms with van der Waals surface area (Å²) in [5.74, 6) is 0.298. The summed E-state index contributed by atoms with van der Waals surface area (Å²) in [4.78, 5) is 11.7. The normalized spacial score (nSPS) is 10.9. The summed E-state index contributed by atoms with van der Waals surface area (Å²) in [7, 11) is 1.58. The molecule has 2 aromatic rings. The van der Waals surface area contributed by atoms with Crippen molar-refractivity contribution in [2.75, 3.05) is 32.1 Å². The molecule has 9 heteroatoms. The molecule has 0 aliphatic rings. The van der Waals surface area contributed by atoms with Crippen LogP contribution in [-0.4, -0.2) is 32.7 Å². The molecule has 0 aliphatic carbocycles. The first-order valence-electron chi connectivity index (χ1n) is 8.27. The second-order valence-electron chi connectivity index (χ2n) is 5.73. The van der Waals surface area contributed by atoms with Crippen LogP contribution in [0.15, 0.2) is 48.5 Å². The number of halogens is 4. The fourth-order valence-electron chi connectivity index (χ4n) is 2.22. The summed E-state index contributed by atoms with van der Waals surface area (Å²) >= 11 is 0. The maximum atomic E-state index is 12.7. The second kappa shape index (κ2) is 11.5. The predicted octanol–water partition coefficient (Wildman–Crippen LogP) is 3.88. The number of rotatable bonds is 9. The highest BCUT2D eigenvalue weighted by Gasteiger charge is 2.30. The Kier molecular flexibility index (Phi) is 9.78. The molecule has 0 unspecified atom stereocenters. The Labute approximate surface area is 167 Å². The van der Waals surface area contributed by atoms with E-state index in [2.05, 4.69) is 10.6 Å². The van der Waals surface area contributed by atoms with Gasteiger partial charge in [0.05, 0.1) is 18.7 Å². The van der Waals surface area contributed by atoms with Crippen LogP contribution in [0.1, 0.15) is 11.1 Å².